The van der Waals surface area contributed by atoms with Gasteiger partial charge < -0.3 is 10.2 Å². The van der Waals surface area contributed by atoms with Crippen molar-refractivity contribution in [3.63, 3.8) is 0 Å². The summed E-state index contributed by atoms with van der Waals surface area (Å²) in [5.41, 5.74) is 3.74. The second kappa shape index (κ2) is 5.20. The molecule has 1 unspecified atom stereocenters. The zero-order chi connectivity index (χ0) is 16.0. The van der Waals surface area contributed by atoms with Gasteiger partial charge in [0.25, 0.3) is 0 Å². The van der Waals surface area contributed by atoms with Crippen molar-refractivity contribution in [2.75, 3.05) is 6.61 Å². The third-order valence-corrected chi connectivity index (χ3v) is 4.11. The zero-order valence-corrected chi connectivity index (χ0v) is 13.4. The van der Waals surface area contributed by atoms with Crippen LogP contribution in [-0.2, 0) is 12.1 Å². The van der Waals surface area contributed by atoms with Gasteiger partial charge in [-0.3, -0.25) is 5.32 Å². The first-order chi connectivity index (χ1) is 10.3. The molecule has 0 saturated heterocycles. The van der Waals surface area contributed by atoms with Crippen molar-refractivity contribution in [1.29, 1.82) is 0 Å². The molecule has 1 atom stereocenters. The summed E-state index contributed by atoms with van der Waals surface area (Å²) in [7, 11) is 0. The predicted octanol–water partition coefficient (Wildman–Crippen LogP) is 2.78. The van der Waals surface area contributed by atoms with Crippen LogP contribution in [0.4, 0.5) is 0 Å². The molecular formula is C19H23NO2. The van der Waals surface area contributed by atoms with Crippen molar-refractivity contribution in [3.8, 4) is 11.1 Å². The lowest BCUT2D eigenvalue weighted by molar-refractivity contribution is -0.0664. The van der Waals surface area contributed by atoms with Gasteiger partial charge in [-0.25, -0.2) is 0 Å². The number of hydrogen-bond acceptors (Lipinski definition) is 3. The van der Waals surface area contributed by atoms with Gasteiger partial charge in [0.15, 0.2) is 5.72 Å². The highest BCUT2D eigenvalue weighted by Gasteiger charge is 2.36. The molecule has 0 fully saturated rings. The molecule has 0 bridgehead atoms. The Morgan fingerprint density at radius 2 is 1.68 bits per heavy atom. The van der Waals surface area contributed by atoms with Gasteiger partial charge in [0, 0.05) is 11.1 Å². The van der Waals surface area contributed by atoms with Gasteiger partial charge in [0.1, 0.15) is 0 Å². The van der Waals surface area contributed by atoms with Gasteiger partial charge in [-0.1, -0.05) is 42.5 Å². The minimum atomic E-state index is -1.44. The largest absolute Gasteiger partial charge is 0.392 e. The third kappa shape index (κ3) is 2.56. The summed E-state index contributed by atoms with van der Waals surface area (Å²) in [4.78, 5) is 0. The van der Waals surface area contributed by atoms with Crippen molar-refractivity contribution in [1.82, 2.24) is 5.32 Å². The summed E-state index contributed by atoms with van der Waals surface area (Å²) in [6.07, 6.45) is 0.788. The van der Waals surface area contributed by atoms with Crippen LogP contribution in [0.25, 0.3) is 11.1 Å². The number of benzene rings is 2. The summed E-state index contributed by atoms with van der Waals surface area (Å²) in [6, 6.07) is 14.2. The van der Waals surface area contributed by atoms with E-state index in [4.69, 9.17) is 0 Å². The van der Waals surface area contributed by atoms with Gasteiger partial charge in [0.05, 0.1) is 6.61 Å². The lowest BCUT2D eigenvalue weighted by Gasteiger charge is -2.36. The molecule has 2 aromatic rings. The summed E-state index contributed by atoms with van der Waals surface area (Å²) in [5.74, 6) is 0. The molecule has 2 aromatic carbocycles. The highest BCUT2D eigenvalue weighted by atomic mass is 16.3. The van der Waals surface area contributed by atoms with Crippen molar-refractivity contribution in [2.45, 2.75) is 38.5 Å². The molecule has 1 aliphatic carbocycles. The molecule has 0 amide bonds. The maximum Gasteiger partial charge on any atom is 0.166 e. The topological polar surface area (TPSA) is 52.5 Å². The number of hydrogen-bond donors (Lipinski definition) is 3. The maximum absolute atomic E-state index is 11.0. The molecular weight excluding hydrogens is 274 g/mol. The smallest absolute Gasteiger partial charge is 0.166 e. The molecule has 0 spiro atoms. The maximum atomic E-state index is 11.0. The third-order valence-electron chi connectivity index (χ3n) is 4.11. The molecule has 116 valence electrons. The van der Waals surface area contributed by atoms with E-state index in [2.05, 4.69) is 23.5 Å². The first-order valence-corrected chi connectivity index (χ1v) is 7.67. The Bertz CT molecular complexity index is 703. The molecule has 3 N–H and O–H groups in total. The number of aliphatic hydroxyl groups is 2. The SMILES string of the molecule is CC(C)(C)NC(O)(CO)c1cccc2c1Cc1ccccc1-2. The Hall–Kier alpha value is -1.68. The normalized spacial score (nSPS) is 16.0. The minimum absolute atomic E-state index is 0.314. The molecule has 22 heavy (non-hydrogen) atoms. The van der Waals surface area contributed by atoms with Crippen molar-refractivity contribution in [2.24, 2.45) is 0 Å². The fourth-order valence-electron chi connectivity index (χ4n) is 3.36. The fourth-order valence-corrected chi connectivity index (χ4v) is 3.36. The van der Waals surface area contributed by atoms with E-state index in [1.165, 1.54) is 11.1 Å². The van der Waals surface area contributed by atoms with Gasteiger partial charge >= 0.3 is 0 Å². The van der Waals surface area contributed by atoms with Crippen LogP contribution < -0.4 is 5.32 Å². The molecule has 3 heteroatoms. The first-order valence-electron chi connectivity index (χ1n) is 7.67. The van der Waals surface area contributed by atoms with E-state index in [9.17, 15) is 10.2 Å². The average Bonchev–Trinajstić information content (AvgIpc) is 2.83. The molecule has 3 rings (SSSR count). The van der Waals surface area contributed by atoms with Gasteiger partial charge in [-0.05, 0) is 49.4 Å². The standard InChI is InChI=1S/C19H23NO2/c1-18(2,3)20-19(22,12-21)17-10-6-9-15-14-8-5-4-7-13(14)11-16(15)17/h4-10,20-22H,11-12H2,1-3H3. The summed E-state index contributed by atoms with van der Waals surface area (Å²) < 4.78 is 0. The Morgan fingerprint density at radius 1 is 1.00 bits per heavy atom. The lowest BCUT2D eigenvalue weighted by atomic mass is 9.91. The second-order valence-electron chi connectivity index (χ2n) is 7.06. The Kier molecular flexibility index (Phi) is 3.60. The van der Waals surface area contributed by atoms with Crippen LogP contribution in [0.2, 0.25) is 0 Å². The van der Waals surface area contributed by atoms with Gasteiger partial charge in [-0.15, -0.1) is 0 Å². The van der Waals surface area contributed by atoms with E-state index >= 15 is 0 Å². The lowest BCUT2D eigenvalue weighted by Crippen LogP contribution is -2.54. The Balaban J connectivity index is 2.11. The molecule has 0 radical (unpaired) electrons. The van der Waals surface area contributed by atoms with E-state index in [1.54, 1.807) is 0 Å². The zero-order valence-electron chi connectivity index (χ0n) is 13.4. The van der Waals surface area contributed by atoms with E-state index in [0.29, 0.717) is 0 Å². The van der Waals surface area contributed by atoms with Crippen molar-refractivity contribution in [3.05, 3.63) is 59.2 Å². The van der Waals surface area contributed by atoms with Crippen LogP contribution in [0.1, 0.15) is 37.5 Å². The molecule has 0 saturated carbocycles. The van der Waals surface area contributed by atoms with Crippen LogP contribution in [0.15, 0.2) is 42.5 Å². The van der Waals surface area contributed by atoms with Crippen molar-refractivity contribution >= 4 is 0 Å². The Labute approximate surface area is 131 Å². The number of rotatable bonds is 3. The summed E-state index contributed by atoms with van der Waals surface area (Å²) in [5, 5.41) is 24.0. The van der Waals surface area contributed by atoms with E-state index < -0.39 is 5.72 Å². The van der Waals surface area contributed by atoms with E-state index in [0.717, 1.165) is 23.1 Å². The quantitative estimate of drug-likeness (QED) is 0.652. The van der Waals surface area contributed by atoms with Crippen molar-refractivity contribution < 1.29 is 10.2 Å². The average molecular weight is 297 g/mol. The number of fused-ring (bicyclic) bond motifs is 3. The molecule has 0 aromatic heterocycles. The van der Waals surface area contributed by atoms with Crippen LogP contribution in [-0.4, -0.2) is 22.4 Å². The molecule has 3 nitrogen and oxygen atoms in total. The molecule has 1 aliphatic rings. The van der Waals surface area contributed by atoms with Gasteiger partial charge in [0.2, 0.25) is 0 Å². The van der Waals surface area contributed by atoms with E-state index in [-0.39, 0.29) is 12.1 Å². The first kappa shape index (κ1) is 15.2. The Morgan fingerprint density at radius 3 is 2.36 bits per heavy atom. The van der Waals surface area contributed by atoms with Crippen LogP contribution in [0, 0.1) is 0 Å². The van der Waals surface area contributed by atoms with Gasteiger partial charge in [-0.2, -0.15) is 0 Å². The second-order valence-corrected chi connectivity index (χ2v) is 7.06. The summed E-state index contributed by atoms with van der Waals surface area (Å²) in [6.45, 7) is 5.57. The van der Waals surface area contributed by atoms with Crippen LogP contribution in [0.3, 0.4) is 0 Å². The number of nitrogens with one attached hydrogen (secondary N) is 1. The van der Waals surface area contributed by atoms with Crippen LogP contribution >= 0.6 is 0 Å². The summed E-state index contributed by atoms with van der Waals surface area (Å²) >= 11 is 0. The van der Waals surface area contributed by atoms with Crippen LogP contribution in [0.5, 0.6) is 0 Å². The monoisotopic (exact) mass is 297 g/mol. The molecule has 0 aliphatic heterocycles. The fraction of sp³-hybridized carbons (Fsp3) is 0.368. The van der Waals surface area contributed by atoms with E-state index in [1.807, 2.05) is 45.0 Å². The number of aliphatic hydroxyl groups excluding tert-OH is 1. The highest BCUT2D eigenvalue weighted by molar-refractivity contribution is 5.78. The predicted molar refractivity (Wildman–Crippen MR) is 88.6 cm³/mol. The highest BCUT2D eigenvalue weighted by Crippen LogP contribution is 2.40. The minimum Gasteiger partial charge on any atom is -0.392 e. The molecule has 0 heterocycles.